The highest BCUT2D eigenvalue weighted by atomic mass is 35.5. The average Bonchev–Trinajstić information content (AvgIpc) is 2.78. The Morgan fingerprint density at radius 3 is 2.68 bits per heavy atom. The molecule has 2 aromatic rings. The zero-order chi connectivity index (χ0) is 14.0. The quantitative estimate of drug-likeness (QED) is 0.904. The van der Waals surface area contributed by atoms with Crippen molar-refractivity contribution < 1.29 is 19.1 Å². The molecule has 0 aliphatic rings. The van der Waals surface area contributed by atoms with Gasteiger partial charge in [0.2, 0.25) is 0 Å². The second kappa shape index (κ2) is 5.16. The Kier molecular flexibility index (Phi) is 3.57. The number of aromatic carboxylic acids is 1. The van der Waals surface area contributed by atoms with E-state index in [4.69, 9.17) is 21.1 Å². The van der Waals surface area contributed by atoms with E-state index in [1.54, 1.807) is 13.0 Å². The third kappa shape index (κ3) is 2.77. The maximum atomic E-state index is 11.9. The van der Waals surface area contributed by atoms with Crippen molar-refractivity contribution in [1.29, 1.82) is 0 Å². The molecule has 0 fully saturated rings. The maximum absolute atomic E-state index is 11.9. The zero-order valence-corrected chi connectivity index (χ0v) is 10.7. The van der Waals surface area contributed by atoms with Crippen LogP contribution in [0.4, 0.5) is 5.69 Å². The van der Waals surface area contributed by atoms with Crippen molar-refractivity contribution in [2.24, 2.45) is 0 Å². The van der Waals surface area contributed by atoms with Gasteiger partial charge in [-0.1, -0.05) is 17.7 Å². The standard InChI is InChI=1S/C13H10ClNO4/c1-7-5-8(6-19-7)12(16)15-11-9(13(17)18)3-2-4-10(11)14/h2-6H,1H3,(H,15,16)(H,17,18). The molecule has 0 spiro atoms. The predicted molar refractivity (Wildman–Crippen MR) is 69.8 cm³/mol. The van der Waals surface area contributed by atoms with Gasteiger partial charge >= 0.3 is 5.97 Å². The molecule has 1 heterocycles. The first kappa shape index (κ1) is 13.2. The van der Waals surface area contributed by atoms with Gasteiger partial charge in [0.05, 0.1) is 21.8 Å². The van der Waals surface area contributed by atoms with Gasteiger partial charge in [-0.2, -0.15) is 0 Å². The van der Waals surface area contributed by atoms with E-state index in [0.29, 0.717) is 11.3 Å². The third-order valence-electron chi connectivity index (χ3n) is 2.48. The fourth-order valence-electron chi connectivity index (χ4n) is 1.58. The van der Waals surface area contributed by atoms with E-state index in [9.17, 15) is 9.59 Å². The highest BCUT2D eigenvalue weighted by Crippen LogP contribution is 2.26. The summed E-state index contributed by atoms with van der Waals surface area (Å²) in [6.45, 7) is 1.70. The molecule has 0 saturated heterocycles. The number of amides is 1. The van der Waals surface area contributed by atoms with Crippen LogP contribution in [0.5, 0.6) is 0 Å². The van der Waals surface area contributed by atoms with Crippen molar-refractivity contribution in [2.45, 2.75) is 6.92 Å². The van der Waals surface area contributed by atoms with Gasteiger partial charge < -0.3 is 14.8 Å². The summed E-state index contributed by atoms with van der Waals surface area (Å²) in [6.07, 6.45) is 1.29. The van der Waals surface area contributed by atoms with Crippen molar-refractivity contribution in [1.82, 2.24) is 0 Å². The van der Waals surface area contributed by atoms with E-state index in [-0.39, 0.29) is 16.3 Å². The third-order valence-corrected chi connectivity index (χ3v) is 2.79. The van der Waals surface area contributed by atoms with Gasteiger partial charge in [-0.3, -0.25) is 4.79 Å². The molecule has 2 N–H and O–H groups in total. The fourth-order valence-corrected chi connectivity index (χ4v) is 1.80. The van der Waals surface area contributed by atoms with Crippen LogP contribution in [0.3, 0.4) is 0 Å². The Hall–Kier alpha value is -2.27. The van der Waals surface area contributed by atoms with Crippen LogP contribution in [0.25, 0.3) is 0 Å². The monoisotopic (exact) mass is 279 g/mol. The summed E-state index contributed by atoms with van der Waals surface area (Å²) in [5, 5.41) is 11.7. The van der Waals surface area contributed by atoms with Gasteiger partial charge in [0.1, 0.15) is 12.0 Å². The number of carboxylic acid groups (broad SMARTS) is 1. The number of aryl methyl sites for hydroxylation is 1. The van der Waals surface area contributed by atoms with E-state index in [1.807, 2.05) is 0 Å². The molecule has 98 valence electrons. The number of carbonyl (C=O) groups excluding carboxylic acids is 1. The van der Waals surface area contributed by atoms with Crippen LogP contribution in [-0.4, -0.2) is 17.0 Å². The molecule has 1 aromatic carbocycles. The number of hydrogen-bond acceptors (Lipinski definition) is 3. The molecule has 0 aliphatic carbocycles. The lowest BCUT2D eigenvalue weighted by molar-refractivity contribution is 0.0698. The Labute approximate surface area is 113 Å². The van der Waals surface area contributed by atoms with Gasteiger partial charge in [0.25, 0.3) is 5.91 Å². The number of halogens is 1. The second-order valence-corrected chi connectivity index (χ2v) is 4.27. The van der Waals surface area contributed by atoms with E-state index in [1.165, 1.54) is 24.5 Å². The number of nitrogens with one attached hydrogen (secondary N) is 1. The lowest BCUT2D eigenvalue weighted by Crippen LogP contribution is -2.14. The van der Waals surface area contributed by atoms with Gasteiger partial charge in [-0.25, -0.2) is 4.79 Å². The molecule has 0 saturated carbocycles. The minimum absolute atomic E-state index is 0.0685. The van der Waals surface area contributed by atoms with E-state index in [0.717, 1.165) is 0 Å². The van der Waals surface area contributed by atoms with Crippen LogP contribution in [-0.2, 0) is 0 Å². The van der Waals surface area contributed by atoms with E-state index < -0.39 is 11.9 Å². The van der Waals surface area contributed by atoms with Crippen LogP contribution in [0.2, 0.25) is 5.02 Å². The summed E-state index contributed by atoms with van der Waals surface area (Å²) in [5.41, 5.74) is 0.301. The molecule has 0 bridgehead atoms. The average molecular weight is 280 g/mol. The predicted octanol–water partition coefficient (Wildman–Crippen LogP) is 3.19. The van der Waals surface area contributed by atoms with Crippen LogP contribution in [0.15, 0.2) is 34.9 Å². The van der Waals surface area contributed by atoms with E-state index >= 15 is 0 Å². The van der Waals surface area contributed by atoms with Gasteiger partial charge in [-0.05, 0) is 25.1 Å². The summed E-state index contributed by atoms with van der Waals surface area (Å²) in [5.74, 6) is -1.06. The fraction of sp³-hybridized carbons (Fsp3) is 0.0769. The number of carboxylic acids is 1. The van der Waals surface area contributed by atoms with Crippen molar-refractivity contribution in [3.63, 3.8) is 0 Å². The minimum Gasteiger partial charge on any atom is -0.478 e. The van der Waals surface area contributed by atoms with Crippen molar-refractivity contribution in [3.8, 4) is 0 Å². The molecule has 2 rings (SSSR count). The lowest BCUT2D eigenvalue weighted by Gasteiger charge is -2.09. The number of anilines is 1. The first-order chi connectivity index (χ1) is 8.99. The first-order valence-electron chi connectivity index (χ1n) is 5.37. The molecule has 1 aromatic heterocycles. The van der Waals surface area contributed by atoms with Crippen LogP contribution in [0, 0.1) is 6.92 Å². The zero-order valence-electron chi connectivity index (χ0n) is 9.94. The molecule has 19 heavy (non-hydrogen) atoms. The molecule has 6 heteroatoms. The first-order valence-corrected chi connectivity index (χ1v) is 5.75. The van der Waals surface area contributed by atoms with Crippen LogP contribution in [0.1, 0.15) is 26.5 Å². The number of furan rings is 1. The second-order valence-electron chi connectivity index (χ2n) is 3.87. The SMILES string of the molecule is Cc1cc(C(=O)Nc2c(Cl)cccc2C(=O)O)co1. The highest BCUT2D eigenvalue weighted by molar-refractivity contribution is 6.34. The van der Waals surface area contributed by atoms with Crippen molar-refractivity contribution >= 4 is 29.2 Å². The normalized spacial score (nSPS) is 10.2. The Morgan fingerprint density at radius 1 is 1.37 bits per heavy atom. The Balaban J connectivity index is 2.33. The summed E-state index contributed by atoms with van der Waals surface area (Å²) in [6, 6.07) is 5.92. The maximum Gasteiger partial charge on any atom is 0.337 e. The molecule has 1 amide bonds. The number of hydrogen-bond donors (Lipinski definition) is 2. The van der Waals surface area contributed by atoms with Crippen molar-refractivity contribution in [2.75, 3.05) is 5.32 Å². The number of rotatable bonds is 3. The molecular weight excluding hydrogens is 270 g/mol. The molecule has 0 aliphatic heterocycles. The van der Waals surface area contributed by atoms with Gasteiger partial charge in [0.15, 0.2) is 0 Å². The summed E-state index contributed by atoms with van der Waals surface area (Å²) >= 11 is 5.91. The Morgan fingerprint density at radius 2 is 2.11 bits per heavy atom. The molecule has 0 radical (unpaired) electrons. The number of carbonyl (C=O) groups is 2. The summed E-state index contributed by atoms with van der Waals surface area (Å²) in [7, 11) is 0. The van der Waals surface area contributed by atoms with Gasteiger partial charge in [0, 0.05) is 0 Å². The molecule has 0 atom stereocenters. The lowest BCUT2D eigenvalue weighted by atomic mass is 10.1. The topological polar surface area (TPSA) is 79.5 Å². The van der Waals surface area contributed by atoms with Crippen molar-refractivity contribution in [3.05, 3.63) is 52.4 Å². The largest absolute Gasteiger partial charge is 0.478 e. The van der Waals surface area contributed by atoms with E-state index in [2.05, 4.69) is 5.32 Å². The Bertz CT molecular complexity index is 648. The smallest absolute Gasteiger partial charge is 0.337 e. The van der Waals surface area contributed by atoms with Crippen LogP contribution < -0.4 is 5.32 Å². The summed E-state index contributed by atoms with van der Waals surface area (Å²) < 4.78 is 5.02. The minimum atomic E-state index is -1.17. The number of benzene rings is 1. The molecule has 0 unspecified atom stereocenters. The van der Waals surface area contributed by atoms with Crippen LogP contribution >= 0.6 is 11.6 Å². The van der Waals surface area contributed by atoms with Gasteiger partial charge in [-0.15, -0.1) is 0 Å². The highest BCUT2D eigenvalue weighted by Gasteiger charge is 2.17. The number of para-hydroxylation sites is 1. The molecular formula is C13H10ClNO4. The summed E-state index contributed by atoms with van der Waals surface area (Å²) in [4.78, 5) is 23.0. The molecule has 5 nitrogen and oxygen atoms in total.